The van der Waals surface area contributed by atoms with Crippen molar-refractivity contribution in [3.05, 3.63) is 23.8 Å². The Morgan fingerprint density at radius 3 is 2.60 bits per heavy atom. The first-order valence-corrected chi connectivity index (χ1v) is 5.49. The molecule has 1 aliphatic rings. The minimum absolute atomic E-state index is 0.0195. The van der Waals surface area contributed by atoms with Crippen molar-refractivity contribution < 1.29 is 10.2 Å². The van der Waals surface area contributed by atoms with Gasteiger partial charge in [0.05, 0.1) is 0 Å². The van der Waals surface area contributed by atoms with Crippen molar-refractivity contribution in [2.24, 2.45) is 0 Å². The summed E-state index contributed by atoms with van der Waals surface area (Å²) in [6, 6.07) is 5.15. The monoisotopic (exact) mass is 207 g/mol. The number of phenolic OH excluding ortho intramolecular Hbond substituents is 2. The molecule has 1 heterocycles. The first-order valence-electron chi connectivity index (χ1n) is 5.49. The van der Waals surface area contributed by atoms with Crippen LogP contribution in [0.25, 0.3) is 0 Å². The average molecular weight is 207 g/mol. The summed E-state index contributed by atoms with van der Waals surface area (Å²) in [4.78, 5) is 2.39. The first kappa shape index (κ1) is 10.3. The third-order valence-corrected chi connectivity index (χ3v) is 2.99. The van der Waals surface area contributed by atoms with Gasteiger partial charge in [0.1, 0.15) is 0 Å². The van der Waals surface area contributed by atoms with Gasteiger partial charge < -0.3 is 15.1 Å². The molecule has 0 bridgehead atoms. The van der Waals surface area contributed by atoms with Crippen LogP contribution in [0.1, 0.15) is 18.4 Å². The topological polar surface area (TPSA) is 43.7 Å². The molecule has 2 rings (SSSR count). The van der Waals surface area contributed by atoms with E-state index in [-0.39, 0.29) is 11.5 Å². The number of nitrogens with zero attached hydrogens (tertiary/aromatic N) is 1. The molecule has 0 atom stereocenters. The van der Waals surface area contributed by atoms with E-state index >= 15 is 0 Å². The summed E-state index contributed by atoms with van der Waals surface area (Å²) >= 11 is 0. The number of hydrogen-bond donors (Lipinski definition) is 2. The van der Waals surface area contributed by atoms with Crippen molar-refractivity contribution in [2.45, 2.75) is 19.3 Å². The van der Waals surface area contributed by atoms with E-state index < -0.39 is 0 Å². The normalized spacial score (nSPS) is 17.1. The second kappa shape index (κ2) is 4.53. The molecule has 15 heavy (non-hydrogen) atoms. The predicted octanol–water partition coefficient (Wildman–Crippen LogP) is 1.74. The Labute approximate surface area is 90.0 Å². The van der Waals surface area contributed by atoms with Crippen LogP contribution in [0.15, 0.2) is 18.2 Å². The number of rotatable bonds is 3. The number of benzene rings is 1. The molecule has 1 aromatic rings. The molecular weight excluding hydrogens is 190 g/mol. The lowest BCUT2D eigenvalue weighted by atomic mass is 10.1. The van der Waals surface area contributed by atoms with E-state index in [1.165, 1.54) is 32.0 Å². The molecule has 1 aliphatic heterocycles. The lowest BCUT2D eigenvalue weighted by Gasteiger charge is -2.14. The largest absolute Gasteiger partial charge is 0.504 e. The minimum Gasteiger partial charge on any atom is -0.504 e. The van der Waals surface area contributed by atoms with Crippen LogP contribution in [0.4, 0.5) is 0 Å². The van der Waals surface area contributed by atoms with E-state index in [1.807, 2.05) is 6.07 Å². The predicted molar refractivity (Wildman–Crippen MR) is 59.1 cm³/mol. The maximum absolute atomic E-state index is 9.60. The molecule has 0 unspecified atom stereocenters. The fourth-order valence-electron chi connectivity index (χ4n) is 2.06. The quantitative estimate of drug-likeness (QED) is 0.742. The summed E-state index contributed by atoms with van der Waals surface area (Å²) in [5.41, 5.74) is 0.835. The fraction of sp³-hybridized carbons (Fsp3) is 0.500. The Morgan fingerprint density at radius 2 is 1.87 bits per heavy atom. The zero-order valence-corrected chi connectivity index (χ0v) is 8.82. The van der Waals surface area contributed by atoms with Crippen molar-refractivity contribution in [1.82, 2.24) is 4.90 Å². The van der Waals surface area contributed by atoms with Gasteiger partial charge >= 0.3 is 0 Å². The second-order valence-corrected chi connectivity index (χ2v) is 4.08. The van der Waals surface area contributed by atoms with Gasteiger partial charge in [0.2, 0.25) is 0 Å². The molecule has 1 fully saturated rings. The van der Waals surface area contributed by atoms with Crippen LogP contribution in [0.5, 0.6) is 11.5 Å². The summed E-state index contributed by atoms with van der Waals surface area (Å²) in [6.07, 6.45) is 3.37. The van der Waals surface area contributed by atoms with Gasteiger partial charge in [0.25, 0.3) is 0 Å². The lowest BCUT2D eigenvalue weighted by Crippen LogP contribution is -2.21. The van der Waals surface area contributed by atoms with Gasteiger partial charge in [-0.15, -0.1) is 0 Å². The van der Waals surface area contributed by atoms with Gasteiger partial charge in [-0.2, -0.15) is 0 Å². The van der Waals surface area contributed by atoms with Crippen molar-refractivity contribution in [1.29, 1.82) is 0 Å². The van der Waals surface area contributed by atoms with Crippen molar-refractivity contribution >= 4 is 0 Å². The molecular formula is C12H17NO2. The molecule has 82 valence electrons. The molecule has 0 aromatic heterocycles. The highest BCUT2D eigenvalue weighted by Crippen LogP contribution is 2.28. The van der Waals surface area contributed by atoms with E-state index in [4.69, 9.17) is 0 Å². The third-order valence-electron chi connectivity index (χ3n) is 2.99. The Bertz CT molecular complexity index is 332. The molecule has 0 radical (unpaired) electrons. The second-order valence-electron chi connectivity index (χ2n) is 4.08. The van der Waals surface area contributed by atoms with E-state index in [0.717, 1.165) is 18.5 Å². The number of hydrogen-bond acceptors (Lipinski definition) is 3. The Hall–Kier alpha value is -1.22. The fourth-order valence-corrected chi connectivity index (χ4v) is 2.06. The summed E-state index contributed by atoms with van der Waals surface area (Å²) in [6.45, 7) is 3.30. The zero-order chi connectivity index (χ0) is 10.7. The highest BCUT2D eigenvalue weighted by molar-refractivity contribution is 5.44. The van der Waals surface area contributed by atoms with Gasteiger partial charge in [-0.25, -0.2) is 0 Å². The van der Waals surface area contributed by atoms with Gasteiger partial charge in [-0.3, -0.25) is 0 Å². The van der Waals surface area contributed by atoms with Crippen molar-refractivity contribution in [2.75, 3.05) is 19.6 Å². The molecule has 3 heteroatoms. The summed E-state index contributed by atoms with van der Waals surface area (Å²) in [7, 11) is 0. The highest BCUT2D eigenvalue weighted by Gasteiger charge is 2.12. The SMILES string of the molecule is Oc1cccc(CCN2CCCC2)c1O. The molecule has 0 spiro atoms. The minimum atomic E-state index is -0.0195. The molecule has 0 saturated carbocycles. The van der Waals surface area contributed by atoms with E-state index in [0.29, 0.717) is 0 Å². The van der Waals surface area contributed by atoms with Crippen molar-refractivity contribution in [3.63, 3.8) is 0 Å². The van der Waals surface area contributed by atoms with Crippen LogP contribution in [0.3, 0.4) is 0 Å². The smallest absolute Gasteiger partial charge is 0.160 e. The first-order chi connectivity index (χ1) is 7.27. The zero-order valence-electron chi connectivity index (χ0n) is 8.82. The van der Waals surface area contributed by atoms with Crippen LogP contribution in [0.2, 0.25) is 0 Å². The van der Waals surface area contributed by atoms with Crippen LogP contribution in [-0.2, 0) is 6.42 Å². The van der Waals surface area contributed by atoms with Crippen LogP contribution in [0, 0.1) is 0 Å². The van der Waals surface area contributed by atoms with Gasteiger partial charge in [-0.1, -0.05) is 12.1 Å². The van der Waals surface area contributed by atoms with Gasteiger partial charge in [0, 0.05) is 6.54 Å². The van der Waals surface area contributed by atoms with Crippen LogP contribution in [-0.4, -0.2) is 34.7 Å². The van der Waals surface area contributed by atoms with E-state index in [1.54, 1.807) is 6.07 Å². The molecule has 1 saturated heterocycles. The molecule has 0 amide bonds. The summed E-state index contributed by atoms with van der Waals surface area (Å²) < 4.78 is 0. The number of likely N-dealkylation sites (tertiary alicyclic amines) is 1. The highest BCUT2D eigenvalue weighted by atomic mass is 16.3. The number of para-hydroxylation sites is 1. The summed E-state index contributed by atoms with van der Waals surface area (Å²) in [5, 5.41) is 18.9. The van der Waals surface area contributed by atoms with Gasteiger partial charge in [0.15, 0.2) is 11.5 Å². The third kappa shape index (κ3) is 2.42. The standard InChI is InChI=1S/C12H17NO2/c14-11-5-3-4-10(12(11)15)6-9-13-7-1-2-8-13/h3-5,14-15H,1-2,6-9H2. The number of phenols is 2. The van der Waals surface area contributed by atoms with Crippen molar-refractivity contribution in [3.8, 4) is 11.5 Å². The molecule has 1 aromatic carbocycles. The van der Waals surface area contributed by atoms with Crippen LogP contribution >= 0.6 is 0 Å². The molecule has 3 nitrogen and oxygen atoms in total. The van der Waals surface area contributed by atoms with Gasteiger partial charge in [-0.05, 0) is 44.0 Å². The Kier molecular flexibility index (Phi) is 3.11. The average Bonchev–Trinajstić information content (AvgIpc) is 2.73. The van der Waals surface area contributed by atoms with E-state index in [9.17, 15) is 10.2 Å². The van der Waals surface area contributed by atoms with E-state index in [2.05, 4.69) is 4.90 Å². The molecule has 2 N–H and O–H groups in total. The Balaban J connectivity index is 1.95. The Morgan fingerprint density at radius 1 is 1.13 bits per heavy atom. The summed E-state index contributed by atoms with van der Waals surface area (Å²) in [5.74, 6) is 0.0191. The molecule has 0 aliphatic carbocycles. The maximum atomic E-state index is 9.60. The number of aromatic hydroxyl groups is 2. The lowest BCUT2D eigenvalue weighted by molar-refractivity contribution is 0.339. The van der Waals surface area contributed by atoms with Crippen LogP contribution < -0.4 is 0 Å². The maximum Gasteiger partial charge on any atom is 0.160 e.